The lowest BCUT2D eigenvalue weighted by Crippen LogP contribution is -2.06. The topological polar surface area (TPSA) is 47.3 Å². The maximum Gasteiger partial charge on any atom is 0.121 e. The fourth-order valence-electron chi connectivity index (χ4n) is 1.59. The van der Waals surface area contributed by atoms with Crippen molar-refractivity contribution in [2.75, 3.05) is 24.7 Å². The van der Waals surface area contributed by atoms with Crippen LogP contribution in [0.3, 0.4) is 0 Å². The quantitative estimate of drug-likeness (QED) is 0.800. The van der Waals surface area contributed by atoms with E-state index in [-0.39, 0.29) is 0 Å². The van der Waals surface area contributed by atoms with E-state index in [1.54, 1.807) is 18.4 Å². The van der Waals surface area contributed by atoms with Gasteiger partial charge in [0.1, 0.15) is 5.75 Å². The van der Waals surface area contributed by atoms with Gasteiger partial charge in [0.25, 0.3) is 0 Å². The molecule has 0 amide bonds. The van der Waals surface area contributed by atoms with Crippen LogP contribution in [0.1, 0.15) is 5.56 Å². The van der Waals surface area contributed by atoms with Crippen molar-refractivity contribution in [3.63, 3.8) is 0 Å². The molecule has 2 aromatic rings. The Kier molecular flexibility index (Phi) is 3.88. The molecule has 3 N–H and O–H groups in total. The standard InChI is InChI=1S/C13H16N2OS/c1-16-11-2-3-12(14)13(8-11)15-6-4-10-5-7-17-9-10/h2-3,5,7-9,15H,4,6,14H2,1H3. The van der Waals surface area contributed by atoms with Crippen LogP contribution in [0.4, 0.5) is 11.4 Å². The number of thiophene rings is 1. The SMILES string of the molecule is COc1ccc(N)c(NCCc2ccsc2)c1. The number of nitrogens with one attached hydrogen (secondary N) is 1. The first-order valence-electron chi connectivity index (χ1n) is 5.48. The van der Waals surface area contributed by atoms with Crippen molar-refractivity contribution in [3.8, 4) is 5.75 Å². The molecule has 0 unspecified atom stereocenters. The van der Waals surface area contributed by atoms with E-state index in [0.717, 1.165) is 30.1 Å². The number of rotatable bonds is 5. The van der Waals surface area contributed by atoms with Crippen molar-refractivity contribution in [1.82, 2.24) is 0 Å². The first-order valence-corrected chi connectivity index (χ1v) is 6.42. The smallest absolute Gasteiger partial charge is 0.121 e. The molecule has 1 aromatic heterocycles. The Labute approximate surface area is 105 Å². The van der Waals surface area contributed by atoms with E-state index in [4.69, 9.17) is 10.5 Å². The molecule has 0 bridgehead atoms. The molecule has 0 atom stereocenters. The van der Waals surface area contributed by atoms with Crippen LogP contribution in [-0.2, 0) is 6.42 Å². The Morgan fingerprint density at radius 3 is 2.94 bits per heavy atom. The zero-order valence-corrected chi connectivity index (χ0v) is 10.6. The number of hydrogen-bond donors (Lipinski definition) is 2. The van der Waals surface area contributed by atoms with Gasteiger partial charge in [-0.05, 0) is 40.9 Å². The van der Waals surface area contributed by atoms with Crippen LogP contribution in [0.5, 0.6) is 5.75 Å². The highest BCUT2D eigenvalue weighted by Gasteiger charge is 2.01. The number of nitrogens with two attached hydrogens (primary N) is 1. The summed E-state index contributed by atoms with van der Waals surface area (Å²) < 4.78 is 5.17. The summed E-state index contributed by atoms with van der Waals surface area (Å²) in [5, 5.41) is 7.58. The van der Waals surface area contributed by atoms with E-state index < -0.39 is 0 Å². The lowest BCUT2D eigenvalue weighted by molar-refractivity contribution is 0.415. The summed E-state index contributed by atoms with van der Waals surface area (Å²) in [6.45, 7) is 0.869. The average Bonchev–Trinajstić information content (AvgIpc) is 2.84. The maximum atomic E-state index is 5.89. The van der Waals surface area contributed by atoms with Gasteiger partial charge < -0.3 is 15.8 Å². The zero-order valence-electron chi connectivity index (χ0n) is 9.77. The van der Waals surface area contributed by atoms with E-state index in [9.17, 15) is 0 Å². The molecule has 0 aliphatic carbocycles. The van der Waals surface area contributed by atoms with E-state index >= 15 is 0 Å². The number of ether oxygens (including phenoxy) is 1. The molecule has 0 radical (unpaired) electrons. The summed E-state index contributed by atoms with van der Waals surface area (Å²) >= 11 is 1.72. The lowest BCUT2D eigenvalue weighted by atomic mass is 10.2. The fourth-order valence-corrected chi connectivity index (χ4v) is 2.30. The van der Waals surface area contributed by atoms with Crippen molar-refractivity contribution < 1.29 is 4.74 Å². The first kappa shape index (κ1) is 11.8. The summed E-state index contributed by atoms with van der Waals surface area (Å²) in [5.41, 5.74) is 8.92. The highest BCUT2D eigenvalue weighted by Crippen LogP contribution is 2.24. The highest BCUT2D eigenvalue weighted by atomic mass is 32.1. The normalized spacial score (nSPS) is 10.2. The molecule has 0 saturated heterocycles. The predicted molar refractivity (Wildman–Crippen MR) is 73.9 cm³/mol. The second-order valence-electron chi connectivity index (χ2n) is 3.76. The fraction of sp³-hybridized carbons (Fsp3) is 0.231. The minimum absolute atomic E-state index is 0.746. The largest absolute Gasteiger partial charge is 0.497 e. The molecule has 1 heterocycles. The first-order chi connectivity index (χ1) is 8.29. The predicted octanol–water partition coefficient (Wildman–Crippen LogP) is 2.99. The summed E-state index contributed by atoms with van der Waals surface area (Å²) in [6, 6.07) is 7.77. The lowest BCUT2D eigenvalue weighted by Gasteiger charge is -2.10. The number of hydrogen-bond acceptors (Lipinski definition) is 4. The minimum Gasteiger partial charge on any atom is -0.497 e. The Morgan fingerprint density at radius 1 is 1.35 bits per heavy atom. The van der Waals surface area contributed by atoms with Gasteiger partial charge in [0.15, 0.2) is 0 Å². The van der Waals surface area contributed by atoms with Gasteiger partial charge in [0.05, 0.1) is 18.5 Å². The van der Waals surface area contributed by atoms with Gasteiger partial charge in [-0.15, -0.1) is 0 Å². The summed E-state index contributed by atoms with van der Waals surface area (Å²) in [7, 11) is 1.65. The minimum atomic E-state index is 0.746. The second-order valence-corrected chi connectivity index (χ2v) is 4.54. The van der Waals surface area contributed by atoms with Crippen molar-refractivity contribution in [3.05, 3.63) is 40.6 Å². The molecule has 90 valence electrons. The van der Waals surface area contributed by atoms with Gasteiger partial charge in [0, 0.05) is 12.6 Å². The van der Waals surface area contributed by atoms with Crippen molar-refractivity contribution in [2.24, 2.45) is 0 Å². The Morgan fingerprint density at radius 2 is 2.24 bits per heavy atom. The number of nitrogen functional groups attached to an aromatic ring is 1. The molecular formula is C13H16N2OS. The van der Waals surface area contributed by atoms with Crippen LogP contribution in [0.25, 0.3) is 0 Å². The zero-order chi connectivity index (χ0) is 12.1. The number of benzene rings is 1. The monoisotopic (exact) mass is 248 g/mol. The molecule has 0 fully saturated rings. The van der Waals surface area contributed by atoms with Gasteiger partial charge in [-0.2, -0.15) is 11.3 Å². The third-order valence-electron chi connectivity index (χ3n) is 2.57. The molecule has 17 heavy (non-hydrogen) atoms. The summed E-state index contributed by atoms with van der Waals surface area (Å²) in [6.07, 6.45) is 1.00. The van der Waals surface area contributed by atoms with Gasteiger partial charge in [-0.25, -0.2) is 0 Å². The Bertz CT molecular complexity index is 468. The van der Waals surface area contributed by atoms with Crippen molar-refractivity contribution in [1.29, 1.82) is 0 Å². The molecule has 4 heteroatoms. The van der Waals surface area contributed by atoms with Crippen molar-refractivity contribution >= 4 is 22.7 Å². The molecule has 0 saturated carbocycles. The highest BCUT2D eigenvalue weighted by molar-refractivity contribution is 7.07. The van der Waals surface area contributed by atoms with Crippen LogP contribution in [0, 0.1) is 0 Å². The molecule has 3 nitrogen and oxygen atoms in total. The van der Waals surface area contributed by atoms with Crippen LogP contribution >= 0.6 is 11.3 Å². The van der Waals surface area contributed by atoms with E-state index in [1.165, 1.54) is 5.56 Å². The Hall–Kier alpha value is -1.68. The maximum absolute atomic E-state index is 5.89. The van der Waals surface area contributed by atoms with Crippen LogP contribution < -0.4 is 15.8 Å². The number of anilines is 2. The summed E-state index contributed by atoms with van der Waals surface area (Å²) in [4.78, 5) is 0. The Balaban J connectivity index is 1.94. The molecule has 1 aromatic carbocycles. The second kappa shape index (κ2) is 5.59. The molecule has 2 rings (SSSR count). The third kappa shape index (κ3) is 3.14. The molecule has 0 spiro atoms. The van der Waals surface area contributed by atoms with Crippen LogP contribution in [0.15, 0.2) is 35.0 Å². The van der Waals surface area contributed by atoms with Crippen molar-refractivity contribution in [2.45, 2.75) is 6.42 Å². The summed E-state index contributed by atoms with van der Waals surface area (Å²) in [5.74, 6) is 0.817. The molecule has 0 aliphatic rings. The van der Waals surface area contributed by atoms with E-state index in [0.29, 0.717) is 0 Å². The van der Waals surface area contributed by atoms with Gasteiger partial charge in [-0.1, -0.05) is 0 Å². The van der Waals surface area contributed by atoms with Crippen LogP contribution in [-0.4, -0.2) is 13.7 Å². The van der Waals surface area contributed by atoms with Gasteiger partial charge >= 0.3 is 0 Å². The van der Waals surface area contributed by atoms with Crippen LogP contribution in [0.2, 0.25) is 0 Å². The van der Waals surface area contributed by atoms with Gasteiger partial charge in [-0.3, -0.25) is 0 Å². The van der Waals surface area contributed by atoms with Gasteiger partial charge in [0.2, 0.25) is 0 Å². The van der Waals surface area contributed by atoms with E-state index in [1.807, 2.05) is 18.2 Å². The third-order valence-corrected chi connectivity index (χ3v) is 3.30. The average molecular weight is 248 g/mol. The molecular weight excluding hydrogens is 232 g/mol. The number of methoxy groups -OCH3 is 1. The molecule has 0 aliphatic heterocycles. The van der Waals surface area contributed by atoms with E-state index in [2.05, 4.69) is 22.1 Å².